The van der Waals surface area contributed by atoms with Gasteiger partial charge in [0.05, 0.1) is 5.60 Å². The highest BCUT2D eigenvalue weighted by Crippen LogP contribution is 2.21. The van der Waals surface area contributed by atoms with Gasteiger partial charge in [-0.1, -0.05) is 38.1 Å². The number of aliphatic hydroxyl groups is 1. The van der Waals surface area contributed by atoms with E-state index in [0.717, 1.165) is 32.4 Å². The fourth-order valence-electron chi connectivity index (χ4n) is 2.53. The van der Waals surface area contributed by atoms with Gasteiger partial charge in [0.1, 0.15) is 0 Å². The van der Waals surface area contributed by atoms with Gasteiger partial charge in [-0.25, -0.2) is 0 Å². The quantitative estimate of drug-likeness (QED) is 0.835. The molecule has 1 fully saturated rings. The number of benzene rings is 1. The maximum Gasteiger partial charge on any atom is 0.0823 e. The van der Waals surface area contributed by atoms with Crippen LogP contribution in [0.25, 0.3) is 0 Å². The number of hydrogen-bond acceptors (Lipinski definition) is 2. The van der Waals surface area contributed by atoms with E-state index < -0.39 is 5.60 Å². The Kier molecular flexibility index (Phi) is 3.85. The molecule has 1 aromatic rings. The number of rotatable bonds is 4. The predicted octanol–water partition coefficient (Wildman–Crippen LogP) is 2.15. The highest BCUT2D eigenvalue weighted by molar-refractivity contribution is 5.24. The highest BCUT2D eigenvalue weighted by atomic mass is 16.3. The van der Waals surface area contributed by atoms with E-state index in [-0.39, 0.29) is 0 Å². The van der Waals surface area contributed by atoms with Crippen LogP contribution in [0, 0.1) is 5.92 Å². The van der Waals surface area contributed by atoms with Gasteiger partial charge in [-0.05, 0) is 36.4 Å². The summed E-state index contributed by atoms with van der Waals surface area (Å²) in [7, 11) is 0. The van der Waals surface area contributed by atoms with Crippen LogP contribution in [0.5, 0.6) is 0 Å². The summed E-state index contributed by atoms with van der Waals surface area (Å²) in [5, 5.41) is 13.5. The molecule has 94 valence electrons. The Labute approximate surface area is 104 Å². The van der Waals surface area contributed by atoms with Crippen LogP contribution in [0.3, 0.4) is 0 Å². The minimum Gasteiger partial charge on any atom is -0.388 e. The average Bonchev–Trinajstić information content (AvgIpc) is 2.67. The first-order valence-corrected chi connectivity index (χ1v) is 6.58. The van der Waals surface area contributed by atoms with Crippen molar-refractivity contribution in [1.29, 1.82) is 0 Å². The standard InChI is InChI=1S/C15H23NO/c1-12(2)9-13-3-5-14(6-4-13)10-15(17)7-8-16-11-15/h3-6,12,16-17H,7-11H2,1-2H3. The van der Waals surface area contributed by atoms with E-state index in [0.29, 0.717) is 5.92 Å². The molecule has 0 aromatic heterocycles. The van der Waals surface area contributed by atoms with Crippen molar-refractivity contribution in [3.05, 3.63) is 35.4 Å². The molecule has 0 spiro atoms. The Balaban J connectivity index is 1.98. The Morgan fingerprint density at radius 3 is 2.41 bits per heavy atom. The molecule has 2 rings (SSSR count). The lowest BCUT2D eigenvalue weighted by atomic mass is 9.92. The molecule has 1 aliphatic rings. The normalized spacial score (nSPS) is 24.5. The fraction of sp³-hybridized carbons (Fsp3) is 0.600. The third kappa shape index (κ3) is 3.55. The van der Waals surface area contributed by atoms with Crippen molar-refractivity contribution in [1.82, 2.24) is 5.32 Å². The average molecular weight is 233 g/mol. The zero-order chi connectivity index (χ0) is 12.3. The Bertz CT molecular complexity index is 350. The van der Waals surface area contributed by atoms with Crippen LogP contribution in [0.15, 0.2) is 24.3 Å². The first-order valence-electron chi connectivity index (χ1n) is 6.58. The topological polar surface area (TPSA) is 32.3 Å². The summed E-state index contributed by atoms with van der Waals surface area (Å²) >= 11 is 0. The van der Waals surface area contributed by atoms with E-state index in [4.69, 9.17) is 0 Å². The van der Waals surface area contributed by atoms with E-state index in [2.05, 4.69) is 43.4 Å². The van der Waals surface area contributed by atoms with Crippen molar-refractivity contribution in [2.24, 2.45) is 5.92 Å². The van der Waals surface area contributed by atoms with Crippen LogP contribution in [-0.4, -0.2) is 23.8 Å². The maximum atomic E-state index is 10.3. The molecule has 1 unspecified atom stereocenters. The molecule has 0 aliphatic carbocycles. The second-order valence-electron chi connectivity index (χ2n) is 5.74. The molecule has 0 saturated carbocycles. The van der Waals surface area contributed by atoms with Gasteiger partial charge in [0.2, 0.25) is 0 Å². The SMILES string of the molecule is CC(C)Cc1ccc(CC2(O)CCNC2)cc1. The van der Waals surface area contributed by atoms with Crippen molar-refractivity contribution in [3.8, 4) is 0 Å². The van der Waals surface area contributed by atoms with Crippen molar-refractivity contribution in [3.63, 3.8) is 0 Å². The van der Waals surface area contributed by atoms with Gasteiger partial charge in [0.15, 0.2) is 0 Å². The smallest absolute Gasteiger partial charge is 0.0823 e. The lowest BCUT2D eigenvalue weighted by molar-refractivity contribution is 0.0619. The molecular weight excluding hydrogens is 210 g/mol. The molecule has 2 nitrogen and oxygen atoms in total. The highest BCUT2D eigenvalue weighted by Gasteiger charge is 2.30. The minimum atomic E-state index is -0.528. The first-order chi connectivity index (χ1) is 8.07. The summed E-state index contributed by atoms with van der Waals surface area (Å²) < 4.78 is 0. The first kappa shape index (κ1) is 12.6. The van der Waals surface area contributed by atoms with Gasteiger partial charge in [0.25, 0.3) is 0 Å². The van der Waals surface area contributed by atoms with Crippen LogP contribution in [0.2, 0.25) is 0 Å². The molecule has 0 bridgehead atoms. The lowest BCUT2D eigenvalue weighted by Crippen LogP contribution is -2.33. The minimum absolute atomic E-state index is 0.528. The summed E-state index contributed by atoms with van der Waals surface area (Å²) in [5.74, 6) is 0.698. The fourth-order valence-corrected chi connectivity index (χ4v) is 2.53. The second-order valence-corrected chi connectivity index (χ2v) is 5.74. The van der Waals surface area contributed by atoms with Crippen molar-refractivity contribution < 1.29 is 5.11 Å². The molecule has 1 atom stereocenters. The Morgan fingerprint density at radius 2 is 1.88 bits per heavy atom. The molecule has 0 amide bonds. The molecule has 1 aliphatic heterocycles. The van der Waals surface area contributed by atoms with E-state index in [9.17, 15) is 5.11 Å². The number of nitrogens with one attached hydrogen (secondary N) is 1. The lowest BCUT2D eigenvalue weighted by Gasteiger charge is -2.21. The van der Waals surface area contributed by atoms with E-state index >= 15 is 0 Å². The Hall–Kier alpha value is -0.860. The maximum absolute atomic E-state index is 10.3. The van der Waals surface area contributed by atoms with Crippen LogP contribution in [0.4, 0.5) is 0 Å². The zero-order valence-electron chi connectivity index (χ0n) is 10.9. The summed E-state index contributed by atoms with van der Waals surface area (Å²) in [6, 6.07) is 8.71. The summed E-state index contributed by atoms with van der Waals surface area (Å²) in [4.78, 5) is 0. The molecule has 0 radical (unpaired) electrons. The summed E-state index contributed by atoms with van der Waals surface area (Å²) in [6.45, 7) is 6.13. The van der Waals surface area contributed by atoms with Crippen molar-refractivity contribution >= 4 is 0 Å². The van der Waals surface area contributed by atoms with Gasteiger partial charge in [-0.2, -0.15) is 0 Å². The van der Waals surface area contributed by atoms with E-state index in [1.165, 1.54) is 11.1 Å². The van der Waals surface area contributed by atoms with Gasteiger partial charge in [0, 0.05) is 13.0 Å². The van der Waals surface area contributed by atoms with Gasteiger partial charge in [-0.15, -0.1) is 0 Å². The molecular formula is C15H23NO. The summed E-state index contributed by atoms with van der Waals surface area (Å²) in [6.07, 6.45) is 2.76. The molecule has 1 aromatic carbocycles. The molecule has 1 heterocycles. The second kappa shape index (κ2) is 5.19. The van der Waals surface area contributed by atoms with Gasteiger partial charge >= 0.3 is 0 Å². The molecule has 2 heteroatoms. The monoisotopic (exact) mass is 233 g/mol. The van der Waals surface area contributed by atoms with Gasteiger partial charge in [-0.3, -0.25) is 0 Å². The van der Waals surface area contributed by atoms with Crippen LogP contribution >= 0.6 is 0 Å². The third-order valence-corrected chi connectivity index (χ3v) is 3.42. The van der Waals surface area contributed by atoms with E-state index in [1.54, 1.807) is 0 Å². The molecule has 1 saturated heterocycles. The van der Waals surface area contributed by atoms with E-state index in [1.807, 2.05) is 0 Å². The molecule has 2 N–H and O–H groups in total. The van der Waals surface area contributed by atoms with Gasteiger partial charge < -0.3 is 10.4 Å². The van der Waals surface area contributed by atoms with Crippen molar-refractivity contribution in [2.75, 3.05) is 13.1 Å². The number of hydrogen-bond donors (Lipinski definition) is 2. The largest absolute Gasteiger partial charge is 0.388 e. The number of β-amino-alcohol motifs (C(OH)–C–C–N with tert-alkyl or cyclic N) is 1. The van der Waals surface area contributed by atoms with Crippen molar-refractivity contribution in [2.45, 2.75) is 38.7 Å². The predicted molar refractivity (Wildman–Crippen MR) is 71.1 cm³/mol. The van der Waals surface area contributed by atoms with Crippen LogP contribution in [0.1, 0.15) is 31.4 Å². The Morgan fingerprint density at radius 1 is 1.24 bits per heavy atom. The van der Waals surface area contributed by atoms with Crippen LogP contribution in [-0.2, 0) is 12.8 Å². The zero-order valence-corrected chi connectivity index (χ0v) is 10.9. The molecule has 17 heavy (non-hydrogen) atoms. The third-order valence-electron chi connectivity index (χ3n) is 3.42. The van der Waals surface area contributed by atoms with Crippen LogP contribution < -0.4 is 5.32 Å². The summed E-state index contributed by atoms with van der Waals surface area (Å²) in [5.41, 5.74) is 2.10.